The minimum absolute atomic E-state index is 0. The van der Waals surface area contributed by atoms with Crippen LogP contribution < -0.4 is 0 Å². The number of hydrogen-bond acceptors (Lipinski definition) is 0. The van der Waals surface area contributed by atoms with Gasteiger partial charge in [-0.25, -0.2) is 0 Å². The molecule has 0 aliphatic carbocycles. The molecule has 0 aromatic carbocycles. The van der Waals surface area contributed by atoms with E-state index in [1.165, 1.54) is 0 Å². The van der Waals surface area contributed by atoms with Crippen molar-refractivity contribution in [3.05, 3.63) is 12.7 Å². The van der Waals surface area contributed by atoms with E-state index in [1.54, 1.807) is 6.08 Å². The Kier molecular flexibility index (Phi) is 43.1. The molecule has 6 heavy (non-hydrogen) atoms. The molecule has 0 aliphatic rings. The van der Waals surface area contributed by atoms with Crippen LogP contribution >= 0.6 is 43.2 Å². The molecule has 0 heterocycles. The summed E-state index contributed by atoms with van der Waals surface area (Å²) in [5.74, 6) is 0. The van der Waals surface area contributed by atoms with Crippen LogP contribution in [0.4, 0.5) is 0 Å². The summed E-state index contributed by atoms with van der Waals surface area (Å²) in [6, 6.07) is 0. The van der Waals surface area contributed by atoms with Gasteiger partial charge >= 0.3 is 0 Å². The van der Waals surface area contributed by atoms with Crippen LogP contribution in [0.2, 0.25) is 0 Å². The maximum atomic E-state index is 3.80. The fourth-order valence-electron chi connectivity index (χ4n) is 0. The minimum Gasteiger partial charge on any atom is -0.114 e. The fourth-order valence-corrected chi connectivity index (χ4v) is 0. The highest BCUT2D eigenvalue weighted by Crippen LogP contribution is 1.74. The molecule has 0 rings (SSSR count). The van der Waals surface area contributed by atoms with E-state index < -0.39 is 0 Å². The lowest BCUT2D eigenvalue weighted by atomic mass is 10.8. The monoisotopic (exact) mass is 232 g/mol. The third-order valence-electron chi connectivity index (χ3n) is 0.129. The molecule has 0 atom stereocenters. The van der Waals surface area contributed by atoms with Gasteiger partial charge in [0.05, 0.1) is 0 Å². The molecule has 0 aliphatic heterocycles. The van der Waals surface area contributed by atoms with Crippen LogP contribution in [0.5, 0.6) is 0 Å². The lowest BCUT2D eigenvalue weighted by Gasteiger charge is -1.56. The van der Waals surface area contributed by atoms with Gasteiger partial charge in [0.15, 0.2) is 0 Å². The quantitative estimate of drug-likeness (QED) is 0.483. The second-order valence-corrected chi connectivity index (χ2v) is 0.836. The van der Waals surface area contributed by atoms with Gasteiger partial charge in [0.2, 0.25) is 0 Å². The van der Waals surface area contributed by atoms with Gasteiger partial charge in [0.1, 0.15) is 0 Å². The minimum atomic E-state index is 0. The first-order chi connectivity index (χ1) is 1.91. The zero-order valence-corrected chi connectivity index (χ0v) is 7.58. The lowest BCUT2D eigenvalue weighted by molar-refractivity contribution is 1.83. The number of allylic oxidation sites excluding steroid dienone is 1. The molecule has 0 saturated carbocycles. The molecule has 0 aromatic heterocycles. The molecule has 0 bridgehead atoms. The van der Waals surface area contributed by atoms with Crippen molar-refractivity contribution in [1.82, 2.24) is 0 Å². The van der Waals surface area contributed by atoms with Crippen LogP contribution in [0.1, 0.15) is 0 Å². The molecule has 0 N–H and O–H groups in total. The normalized spacial score (nSPS) is 4.17. The molecule has 0 fully saturated rings. The van der Waals surface area contributed by atoms with E-state index in [-0.39, 0.29) is 34.0 Å². The topological polar surface area (TPSA) is 0 Å². The summed E-state index contributed by atoms with van der Waals surface area (Å²) >= 11 is 0. The Hall–Kier alpha value is 1.13. The molecular formula is C3H7Br2P. The summed E-state index contributed by atoms with van der Waals surface area (Å²) in [7, 11) is 3.80. The van der Waals surface area contributed by atoms with E-state index in [0.717, 1.165) is 6.16 Å². The van der Waals surface area contributed by atoms with Gasteiger partial charge in [0.25, 0.3) is 0 Å². The van der Waals surface area contributed by atoms with Gasteiger partial charge in [0, 0.05) is 0 Å². The molecule has 2 radical (unpaired) electrons. The molecule has 0 unspecified atom stereocenters. The number of rotatable bonds is 1. The second kappa shape index (κ2) is 16.5. The summed E-state index contributed by atoms with van der Waals surface area (Å²) in [5.41, 5.74) is 0. The zero-order valence-electron chi connectivity index (χ0n) is 3.26. The summed E-state index contributed by atoms with van der Waals surface area (Å²) in [6.07, 6.45) is 2.52. The van der Waals surface area contributed by atoms with Crippen molar-refractivity contribution >= 4 is 43.2 Å². The van der Waals surface area contributed by atoms with Gasteiger partial charge in [-0.1, -0.05) is 6.08 Å². The molecule has 3 heteroatoms. The molecule has 38 valence electrons. The van der Waals surface area contributed by atoms with Gasteiger partial charge in [-0.15, -0.1) is 40.5 Å². The van der Waals surface area contributed by atoms with Crippen LogP contribution in [0.15, 0.2) is 12.7 Å². The molecule has 0 nitrogen and oxygen atoms in total. The predicted octanol–water partition coefficient (Wildman–Crippen LogP) is 2.74. The smallest absolute Gasteiger partial charge is 0.00633 e. The number of halogens is 2. The van der Waals surface area contributed by atoms with Crippen LogP contribution in [0.3, 0.4) is 0 Å². The van der Waals surface area contributed by atoms with E-state index in [0.29, 0.717) is 0 Å². The molecule has 0 spiro atoms. The van der Waals surface area contributed by atoms with Crippen molar-refractivity contribution in [2.45, 2.75) is 0 Å². The van der Waals surface area contributed by atoms with Crippen LogP contribution in [0.25, 0.3) is 0 Å². The van der Waals surface area contributed by atoms with Crippen LogP contribution in [-0.2, 0) is 0 Å². The highest BCUT2D eigenvalue weighted by Gasteiger charge is 1.47. The van der Waals surface area contributed by atoms with E-state index in [1.807, 2.05) is 0 Å². The number of hydrogen-bond donors (Lipinski definition) is 0. The van der Waals surface area contributed by atoms with Gasteiger partial charge in [-0.05, 0) is 15.4 Å². The third-order valence-corrected chi connectivity index (χ3v) is 0.387. The Morgan fingerprint density at radius 2 is 1.67 bits per heavy atom. The highest BCUT2D eigenvalue weighted by molar-refractivity contribution is 8.93. The summed E-state index contributed by atoms with van der Waals surface area (Å²) in [4.78, 5) is 0. The largest absolute Gasteiger partial charge is 0.114 e. The SMILES string of the molecule is Br.Br.C=CC[P]. The standard InChI is InChI=1S/C3H5P.2BrH/c1-2-3-4;;/h2H,1,3H2;2*1H. The Balaban J connectivity index is -0.0000000450. The van der Waals surface area contributed by atoms with E-state index >= 15 is 0 Å². The van der Waals surface area contributed by atoms with Gasteiger partial charge in [-0.2, -0.15) is 0 Å². The average molecular weight is 234 g/mol. The fraction of sp³-hybridized carbons (Fsp3) is 0.333. The zero-order chi connectivity index (χ0) is 3.41. The van der Waals surface area contributed by atoms with Crippen molar-refractivity contribution in [3.63, 3.8) is 0 Å². The van der Waals surface area contributed by atoms with Gasteiger partial charge in [-0.3, -0.25) is 0 Å². The van der Waals surface area contributed by atoms with Crippen LogP contribution in [-0.4, -0.2) is 6.16 Å². The average Bonchev–Trinajstić information content (AvgIpc) is 1.37. The van der Waals surface area contributed by atoms with Gasteiger partial charge < -0.3 is 0 Å². The first-order valence-electron chi connectivity index (χ1n) is 1.13. The van der Waals surface area contributed by atoms with E-state index in [9.17, 15) is 0 Å². The first kappa shape index (κ1) is 15.7. The molecule has 0 saturated heterocycles. The van der Waals surface area contributed by atoms with Crippen molar-refractivity contribution in [2.75, 3.05) is 6.16 Å². The summed E-state index contributed by atoms with van der Waals surface area (Å²) < 4.78 is 0. The second-order valence-electron chi connectivity index (χ2n) is 0.471. The summed E-state index contributed by atoms with van der Waals surface area (Å²) in [6.45, 7) is 3.40. The molecular weight excluding hydrogens is 227 g/mol. The highest BCUT2D eigenvalue weighted by atomic mass is 79.9. The molecule has 0 aromatic rings. The Morgan fingerprint density at radius 1 is 1.50 bits per heavy atom. The Labute approximate surface area is 62.1 Å². The first-order valence-corrected chi connectivity index (χ1v) is 1.77. The predicted molar refractivity (Wildman–Crippen MR) is 42.6 cm³/mol. The Bertz CT molecular complexity index is 22.8. The maximum Gasteiger partial charge on any atom is -0.00633 e. The molecule has 0 amide bonds. The van der Waals surface area contributed by atoms with E-state index in [4.69, 9.17) is 0 Å². The lowest BCUT2D eigenvalue weighted by Crippen LogP contribution is -1.43. The van der Waals surface area contributed by atoms with Crippen molar-refractivity contribution in [2.24, 2.45) is 0 Å². The van der Waals surface area contributed by atoms with Crippen molar-refractivity contribution < 1.29 is 0 Å². The Morgan fingerprint density at radius 3 is 1.67 bits per heavy atom. The van der Waals surface area contributed by atoms with Crippen molar-refractivity contribution in [3.8, 4) is 0 Å². The van der Waals surface area contributed by atoms with Crippen molar-refractivity contribution in [1.29, 1.82) is 0 Å². The van der Waals surface area contributed by atoms with Crippen LogP contribution in [0, 0.1) is 0 Å². The van der Waals surface area contributed by atoms with E-state index in [2.05, 4.69) is 15.8 Å². The maximum absolute atomic E-state index is 3.80. The third kappa shape index (κ3) is 19.3. The summed E-state index contributed by atoms with van der Waals surface area (Å²) in [5, 5.41) is 0.